The third-order valence-electron chi connectivity index (χ3n) is 2.22. The van der Waals surface area contributed by atoms with Gasteiger partial charge in [-0.2, -0.15) is 13.2 Å². The summed E-state index contributed by atoms with van der Waals surface area (Å²) in [6.45, 7) is 0. The van der Waals surface area contributed by atoms with Gasteiger partial charge in [0.1, 0.15) is 0 Å². The van der Waals surface area contributed by atoms with E-state index in [0.29, 0.717) is 10.0 Å². The van der Waals surface area contributed by atoms with Crippen molar-refractivity contribution in [2.45, 2.75) is 6.18 Å². The molecule has 2 rings (SSSR count). The molecule has 0 aliphatic rings. The molecule has 0 atom stereocenters. The van der Waals surface area contributed by atoms with Crippen LogP contribution in [0.25, 0.3) is 10.4 Å². The van der Waals surface area contributed by atoms with E-state index in [9.17, 15) is 13.2 Å². The maximum atomic E-state index is 12.8. The normalized spacial score (nSPS) is 11.5. The molecule has 0 saturated heterocycles. The number of nitrogens with one attached hydrogen (secondary N) is 1. The van der Waals surface area contributed by atoms with Crippen molar-refractivity contribution in [1.29, 1.82) is 0 Å². The number of anilines is 1. The van der Waals surface area contributed by atoms with E-state index in [1.54, 1.807) is 13.1 Å². The Morgan fingerprint density at radius 2 is 1.94 bits per heavy atom. The van der Waals surface area contributed by atoms with Crippen LogP contribution in [0.1, 0.15) is 5.56 Å². The SMILES string of the molecule is CNc1ncc(-c2ccccc2C(F)(F)F)s1. The molecule has 0 radical (unpaired) electrons. The average Bonchev–Trinajstić information content (AvgIpc) is 2.76. The third kappa shape index (κ3) is 2.41. The summed E-state index contributed by atoms with van der Waals surface area (Å²) >= 11 is 1.19. The summed E-state index contributed by atoms with van der Waals surface area (Å²) in [5.74, 6) is 0. The van der Waals surface area contributed by atoms with E-state index in [0.717, 1.165) is 6.07 Å². The van der Waals surface area contributed by atoms with Crippen molar-refractivity contribution >= 4 is 16.5 Å². The lowest BCUT2D eigenvalue weighted by Gasteiger charge is -2.10. The highest BCUT2D eigenvalue weighted by molar-refractivity contribution is 7.18. The van der Waals surface area contributed by atoms with Crippen LogP contribution in [0, 0.1) is 0 Å². The maximum Gasteiger partial charge on any atom is 0.417 e. The van der Waals surface area contributed by atoms with Gasteiger partial charge in [-0.25, -0.2) is 4.98 Å². The van der Waals surface area contributed by atoms with Gasteiger partial charge in [-0.15, -0.1) is 0 Å². The molecule has 0 saturated carbocycles. The van der Waals surface area contributed by atoms with E-state index in [2.05, 4.69) is 10.3 Å². The molecule has 0 aliphatic heterocycles. The van der Waals surface area contributed by atoms with Crippen LogP contribution in [0.2, 0.25) is 0 Å². The van der Waals surface area contributed by atoms with Crippen LogP contribution in [0.5, 0.6) is 0 Å². The summed E-state index contributed by atoms with van der Waals surface area (Å²) in [5, 5.41) is 3.40. The first-order valence-corrected chi connectivity index (χ1v) is 5.64. The Labute approximate surface area is 100 Å². The third-order valence-corrected chi connectivity index (χ3v) is 3.27. The lowest BCUT2D eigenvalue weighted by molar-refractivity contribution is -0.137. The summed E-state index contributed by atoms with van der Waals surface area (Å²) in [6.07, 6.45) is -2.90. The van der Waals surface area contributed by atoms with Gasteiger partial charge in [0.15, 0.2) is 5.13 Å². The first kappa shape index (κ1) is 11.9. The molecule has 0 unspecified atom stereocenters. The second kappa shape index (κ2) is 4.37. The number of thiazole rings is 1. The molecule has 1 aromatic heterocycles. The average molecular weight is 258 g/mol. The van der Waals surface area contributed by atoms with Crippen molar-refractivity contribution in [2.75, 3.05) is 12.4 Å². The molecule has 2 nitrogen and oxygen atoms in total. The first-order chi connectivity index (χ1) is 8.02. The quantitative estimate of drug-likeness (QED) is 0.884. The lowest BCUT2D eigenvalue weighted by Crippen LogP contribution is -2.06. The number of hydrogen-bond donors (Lipinski definition) is 1. The van der Waals surface area contributed by atoms with Gasteiger partial charge in [-0.05, 0) is 6.07 Å². The van der Waals surface area contributed by atoms with Crippen LogP contribution in [0.4, 0.5) is 18.3 Å². The minimum Gasteiger partial charge on any atom is -0.365 e. The van der Waals surface area contributed by atoms with Gasteiger partial charge >= 0.3 is 6.18 Å². The summed E-state index contributed by atoms with van der Waals surface area (Å²) in [4.78, 5) is 4.48. The van der Waals surface area contributed by atoms with Crippen LogP contribution >= 0.6 is 11.3 Å². The Hall–Kier alpha value is -1.56. The zero-order chi connectivity index (χ0) is 12.5. The zero-order valence-electron chi connectivity index (χ0n) is 8.88. The Morgan fingerprint density at radius 1 is 1.24 bits per heavy atom. The molecule has 1 N–H and O–H groups in total. The molecule has 0 bridgehead atoms. The van der Waals surface area contributed by atoms with Crippen molar-refractivity contribution in [3.8, 4) is 10.4 Å². The van der Waals surface area contributed by atoms with Crippen LogP contribution in [0.3, 0.4) is 0 Å². The highest BCUT2D eigenvalue weighted by Crippen LogP contribution is 2.39. The fourth-order valence-electron chi connectivity index (χ4n) is 1.46. The highest BCUT2D eigenvalue weighted by Gasteiger charge is 2.33. The van der Waals surface area contributed by atoms with Crippen LogP contribution < -0.4 is 5.32 Å². The molecule has 0 spiro atoms. The van der Waals surface area contributed by atoms with Gasteiger partial charge in [0, 0.05) is 18.8 Å². The number of rotatable bonds is 2. The van der Waals surface area contributed by atoms with Gasteiger partial charge in [-0.1, -0.05) is 29.5 Å². The Morgan fingerprint density at radius 3 is 2.53 bits per heavy atom. The summed E-state index contributed by atoms with van der Waals surface area (Å²) in [6, 6.07) is 5.50. The van der Waals surface area contributed by atoms with Crippen molar-refractivity contribution in [2.24, 2.45) is 0 Å². The van der Waals surface area contributed by atoms with E-state index in [-0.39, 0.29) is 5.56 Å². The highest BCUT2D eigenvalue weighted by atomic mass is 32.1. The Bertz CT molecular complexity index is 519. The first-order valence-electron chi connectivity index (χ1n) is 4.82. The smallest absolute Gasteiger partial charge is 0.365 e. The molecule has 0 fully saturated rings. The van der Waals surface area contributed by atoms with Crippen LogP contribution in [-0.2, 0) is 6.18 Å². The van der Waals surface area contributed by atoms with Crippen molar-refractivity contribution in [1.82, 2.24) is 4.98 Å². The Kier molecular flexibility index (Phi) is 3.06. The van der Waals surface area contributed by atoms with E-state index in [1.165, 1.54) is 29.7 Å². The monoisotopic (exact) mass is 258 g/mol. The minimum absolute atomic E-state index is 0.166. The van der Waals surface area contributed by atoms with E-state index < -0.39 is 11.7 Å². The minimum atomic E-state index is -4.35. The van der Waals surface area contributed by atoms with E-state index in [4.69, 9.17) is 0 Å². The lowest BCUT2D eigenvalue weighted by atomic mass is 10.1. The maximum absolute atomic E-state index is 12.8. The number of alkyl halides is 3. The molecule has 1 aromatic carbocycles. The molecular formula is C11H9F3N2S. The van der Waals surface area contributed by atoms with Crippen LogP contribution in [0.15, 0.2) is 30.5 Å². The van der Waals surface area contributed by atoms with Gasteiger partial charge < -0.3 is 5.32 Å². The molecular weight excluding hydrogens is 249 g/mol. The zero-order valence-corrected chi connectivity index (χ0v) is 9.69. The largest absolute Gasteiger partial charge is 0.417 e. The molecule has 0 amide bonds. The summed E-state index contributed by atoms with van der Waals surface area (Å²) in [5.41, 5.74) is -0.467. The van der Waals surface area contributed by atoms with Gasteiger partial charge in [0.2, 0.25) is 0 Å². The van der Waals surface area contributed by atoms with Crippen molar-refractivity contribution < 1.29 is 13.2 Å². The van der Waals surface area contributed by atoms with Gasteiger partial charge in [-0.3, -0.25) is 0 Å². The van der Waals surface area contributed by atoms with Gasteiger partial charge in [0.25, 0.3) is 0 Å². The van der Waals surface area contributed by atoms with Gasteiger partial charge in [0.05, 0.1) is 10.4 Å². The van der Waals surface area contributed by atoms with Crippen molar-refractivity contribution in [3.05, 3.63) is 36.0 Å². The predicted molar refractivity (Wildman–Crippen MR) is 62.1 cm³/mol. The topological polar surface area (TPSA) is 24.9 Å². The fourth-order valence-corrected chi connectivity index (χ4v) is 2.27. The van der Waals surface area contributed by atoms with E-state index >= 15 is 0 Å². The molecule has 2 aromatic rings. The summed E-state index contributed by atoms with van der Waals surface area (Å²) < 4.78 is 38.4. The molecule has 90 valence electrons. The predicted octanol–water partition coefficient (Wildman–Crippen LogP) is 3.87. The second-order valence-corrected chi connectivity index (χ2v) is 4.35. The standard InChI is InChI=1S/C11H9F3N2S/c1-15-10-16-6-9(17-10)7-4-2-3-5-8(7)11(12,13)14/h2-6H,1H3,(H,15,16). The fraction of sp³-hybridized carbons (Fsp3) is 0.182. The number of halogens is 3. The van der Waals surface area contributed by atoms with Crippen LogP contribution in [-0.4, -0.2) is 12.0 Å². The molecule has 0 aliphatic carbocycles. The Balaban J connectivity index is 2.52. The molecule has 6 heteroatoms. The molecule has 1 heterocycles. The second-order valence-electron chi connectivity index (χ2n) is 3.32. The number of aromatic nitrogens is 1. The molecule has 17 heavy (non-hydrogen) atoms. The number of hydrogen-bond acceptors (Lipinski definition) is 3. The van der Waals surface area contributed by atoms with E-state index in [1.807, 2.05) is 0 Å². The van der Waals surface area contributed by atoms with Crippen molar-refractivity contribution in [3.63, 3.8) is 0 Å². The summed E-state index contributed by atoms with van der Waals surface area (Å²) in [7, 11) is 1.68. The number of nitrogens with zero attached hydrogens (tertiary/aromatic N) is 1. The number of benzene rings is 1.